The maximum atomic E-state index is 8.83. The lowest BCUT2D eigenvalue weighted by Crippen LogP contribution is -2.12. The van der Waals surface area contributed by atoms with Crippen LogP contribution in [0.15, 0.2) is 23.8 Å². The predicted molar refractivity (Wildman–Crippen MR) is 43.7 cm³/mol. The second-order valence-electron chi connectivity index (χ2n) is 3.41. The minimum Gasteiger partial charge on any atom is -0.193 e. The van der Waals surface area contributed by atoms with Gasteiger partial charge in [-0.1, -0.05) is 25.0 Å². The average molecular weight is 145 g/mol. The second kappa shape index (κ2) is 2.23. The summed E-state index contributed by atoms with van der Waals surface area (Å²) < 4.78 is 0. The largest absolute Gasteiger partial charge is 0.193 e. The van der Waals surface area contributed by atoms with E-state index in [4.69, 9.17) is 5.26 Å². The Bertz CT molecular complexity index is 259. The molecule has 1 saturated carbocycles. The molecule has 1 fully saturated rings. The van der Waals surface area contributed by atoms with Crippen molar-refractivity contribution in [3.63, 3.8) is 0 Å². The van der Waals surface area contributed by atoms with Gasteiger partial charge in [0, 0.05) is 11.0 Å². The molecule has 0 N–H and O–H groups in total. The van der Waals surface area contributed by atoms with Gasteiger partial charge in [0.1, 0.15) is 0 Å². The molecule has 56 valence electrons. The Kier molecular flexibility index (Phi) is 1.35. The number of hydrogen-bond donors (Lipinski definition) is 0. The van der Waals surface area contributed by atoms with E-state index >= 15 is 0 Å². The Labute approximate surface area is 67.0 Å². The van der Waals surface area contributed by atoms with Gasteiger partial charge in [-0.25, -0.2) is 0 Å². The van der Waals surface area contributed by atoms with Gasteiger partial charge in [0.15, 0.2) is 0 Å². The summed E-state index contributed by atoms with van der Waals surface area (Å²) in [5.74, 6) is 0. The summed E-state index contributed by atoms with van der Waals surface area (Å²) in [7, 11) is 0. The van der Waals surface area contributed by atoms with Gasteiger partial charge in [0.05, 0.1) is 6.07 Å². The van der Waals surface area contributed by atoms with Crippen molar-refractivity contribution in [3.05, 3.63) is 23.8 Å². The SMILES string of the molecule is N#CC1=CC=CC12CCCC2. The van der Waals surface area contributed by atoms with E-state index in [1.54, 1.807) is 0 Å². The van der Waals surface area contributed by atoms with Crippen LogP contribution in [0.25, 0.3) is 0 Å². The molecule has 0 saturated heterocycles. The van der Waals surface area contributed by atoms with Crippen LogP contribution in [0.5, 0.6) is 0 Å². The van der Waals surface area contributed by atoms with Crippen LogP contribution in [0.2, 0.25) is 0 Å². The number of rotatable bonds is 0. The van der Waals surface area contributed by atoms with Crippen molar-refractivity contribution in [2.75, 3.05) is 0 Å². The lowest BCUT2D eigenvalue weighted by Gasteiger charge is -2.20. The molecule has 1 spiro atoms. The third kappa shape index (κ3) is 0.826. The van der Waals surface area contributed by atoms with Crippen LogP contribution in [-0.4, -0.2) is 0 Å². The molecule has 0 aromatic heterocycles. The molecule has 2 aliphatic carbocycles. The molecule has 1 heteroatoms. The van der Waals surface area contributed by atoms with Gasteiger partial charge in [0.25, 0.3) is 0 Å². The smallest absolute Gasteiger partial charge is 0.0956 e. The second-order valence-corrected chi connectivity index (χ2v) is 3.41. The van der Waals surface area contributed by atoms with Crippen LogP contribution in [0, 0.1) is 16.7 Å². The van der Waals surface area contributed by atoms with E-state index < -0.39 is 0 Å². The van der Waals surface area contributed by atoms with Crippen molar-refractivity contribution < 1.29 is 0 Å². The molecule has 1 nitrogen and oxygen atoms in total. The molecule has 0 atom stereocenters. The molecule has 0 amide bonds. The van der Waals surface area contributed by atoms with Crippen LogP contribution in [-0.2, 0) is 0 Å². The first-order chi connectivity index (χ1) is 5.37. The standard InChI is InChI=1S/C10H11N/c11-8-9-4-3-7-10(9)5-1-2-6-10/h3-4,7H,1-2,5-6H2. The van der Waals surface area contributed by atoms with Crippen LogP contribution < -0.4 is 0 Å². The van der Waals surface area contributed by atoms with Gasteiger partial charge in [-0.2, -0.15) is 5.26 Å². The van der Waals surface area contributed by atoms with E-state index in [-0.39, 0.29) is 5.41 Å². The van der Waals surface area contributed by atoms with Crippen molar-refractivity contribution in [3.8, 4) is 6.07 Å². The first-order valence-electron chi connectivity index (χ1n) is 4.17. The van der Waals surface area contributed by atoms with E-state index in [0.717, 1.165) is 5.57 Å². The summed E-state index contributed by atoms with van der Waals surface area (Å²) in [6.07, 6.45) is 11.1. The van der Waals surface area contributed by atoms with E-state index in [9.17, 15) is 0 Å². The first-order valence-corrected chi connectivity index (χ1v) is 4.17. The zero-order chi connectivity index (χ0) is 7.73. The van der Waals surface area contributed by atoms with Crippen molar-refractivity contribution in [2.45, 2.75) is 25.7 Å². The van der Waals surface area contributed by atoms with Gasteiger partial charge >= 0.3 is 0 Å². The maximum absolute atomic E-state index is 8.83. The molecular weight excluding hydrogens is 134 g/mol. The molecule has 2 rings (SSSR count). The van der Waals surface area contributed by atoms with Crippen LogP contribution in [0.3, 0.4) is 0 Å². The van der Waals surface area contributed by atoms with E-state index in [1.807, 2.05) is 12.2 Å². The van der Waals surface area contributed by atoms with Crippen molar-refractivity contribution in [1.29, 1.82) is 5.26 Å². The highest BCUT2D eigenvalue weighted by molar-refractivity contribution is 5.43. The van der Waals surface area contributed by atoms with Crippen LogP contribution in [0.1, 0.15) is 25.7 Å². The zero-order valence-electron chi connectivity index (χ0n) is 6.51. The highest BCUT2D eigenvalue weighted by atomic mass is 14.4. The Morgan fingerprint density at radius 3 is 2.73 bits per heavy atom. The Morgan fingerprint density at radius 2 is 2.09 bits per heavy atom. The van der Waals surface area contributed by atoms with Gasteiger partial charge in [-0.15, -0.1) is 0 Å². The number of hydrogen-bond acceptors (Lipinski definition) is 1. The fourth-order valence-electron chi connectivity index (χ4n) is 2.17. The van der Waals surface area contributed by atoms with Gasteiger partial charge < -0.3 is 0 Å². The van der Waals surface area contributed by atoms with E-state index in [1.165, 1.54) is 25.7 Å². The van der Waals surface area contributed by atoms with Gasteiger partial charge in [-0.3, -0.25) is 0 Å². The monoisotopic (exact) mass is 145 g/mol. The normalized spacial score (nSPS) is 25.5. The summed E-state index contributed by atoms with van der Waals surface area (Å²) in [6.45, 7) is 0. The van der Waals surface area contributed by atoms with Crippen molar-refractivity contribution in [2.24, 2.45) is 5.41 Å². The third-order valence-electron chi connectivity index (χ3n) is 2.83. The molecule has 0 aromatic carbocycles. The molecule has 0 aliphatic heterocycles. The number of nitrogens with zero attached hydrogens (tertiary/aromatic N) is 1. The summed E-state index contributed by atoms with van der Waals surface area (Å²) in [4.78, 5) is 0. The Morgan fingerprint density at radius 1 is 1.36 bits per heavy atom. The molecule has 0 bridgehead atoms. The van der Waals surface area contributed by atoms with Crippen molar-refractivity contribution >= 4 is 0 Å². The highest BCUT2D eigenvalue weighted by Crippen LogP contribution is 2.47. The number of nitriles is 1. The summed E-state index contributed by atoms with van der Waals surface area (Å²) in [5.41, 5.74) is 1.16. The Balaban J connectivity index is 2.33. The molecule has 0 aromatic rings. The quantitative estimate of drug-likeness (QED) is 0.514. The van der Waals surface area contributed by atoms with Crippen LogP contribution in [0.4, 0.5) is 0 Å². The molecule has 2 aliphatic rings. The molecule has 0 unspecified atom stereocenters. The minimum atomic E-state index is 0.175. The highest BCUT2D eigenvalue weighted by Gasteiger charge is 2.36. The van der Waals surface area contributed by atoms with Crippen molar-refractivity contribution in [1.82, 2.24) is 0 Å². The fraction of sp³-hybridized carbons (Fsp3) is 0.500. The van der Waals surface area contributed by atoms with Gasteiger partial charge in [-0.05, 0) is 18.9 Å². The van der Waals surface area contributed by atoms with E-state index in [2.05, 4.69) is 12.1 Å². The Hall–Kier alpha value is -1.03. The summed E-state index contributed by atoms with van der Waals surface area (Å²) >= 11 is 0. The molecule has 0 radical (unpaired) electrons. The molecular formula is C10H11N. The van der Waals surface area contributed by atoms with Gasteiger partial charge in [0.2, 0.25) is 0 Å². The summed E-state index contributed by atoms with van der Waals surface area (Å²) in [6, 6.07) is 2.30. The number of allylic oxidation sites excluding steroid dienone is 4. The first kappa shape index (κ1) is 6.67. The third-order valence-corrected chi connectivity index (χ3v) is 2.83. The maximum Gasteiger partial charge on any atom is 0.0956 e. The fourth-order valence-corrected chi connectivity index (χ4v) is 2.17. The topological polar surface area (TPSA) is 23.8 Å². The lowest BCUT2D eigenvalue weighted by molar-refractivity contribution is 0.501. The lowest BCUT2D eigenvalue weighted by atomic mass is 9.82. The average Bonchev–Trinajstić information content (AvgIpc) is 2.62. The minimum absolute atomic E-state index is 0.175. The zero-order valence-corrected chi connectivity index (χ0v) is 6.51. The molecule has 0 heterocycles. The van der Waals surface area contributed by atoms with E-state index in [0.29, 0.717) is 0 Å². The van der Waals surface area contributed by atoms with Crippen LogP contribution >= 0.6 is 0 Å². The predicted octanol–water partition coefficient (Wildman–Crippen LogP) is 2.57. The summed E-state index contributed by atoms with van der Waals surface area (Å²) in [5, 5.41) is 8.83. The molecule has 11 heavy (non-hydrogen) atoms.